The van der Waals surface area contributed by atoms with Crippen molar-refractivity contribution in [1.82, 2.24) is 19.8 Å². The molecular formula is C28H35F3N6O2. The number of para-hydroxylation sites is 1. The van der Waals surface area contributed by atoms with Crippen molar-refractivity contribution in [2.75, 3.05) is 56.4 Å². The third-order valence-corrected chi connectivity index (χ3v) is 6.30. The van der Waals surface area contributed by atoms with E-state index in [-0.39, 0.29) is 6.09 Å². The van der Waals surface area contributed by atoms with Crippen molar-refractivity contribution in [2.45, 2.75) is 39.0 Å². The number of carbonyl (C=O) groups is 1. The summed E-state index contributed by atoms with van der Waals surface area (Å²) in [5.74, 6) is 1.10. The van der Waals surface area contributed by atoms with Gasteiger partial charge in [-0.15, -0.1) is 0 Å². The van der Waals surface area contributed by atoms with Crippen molar-refractivity contribution < 1.29 is 22.7 Å². The average Bonchev–Trinajstić information content (AvgIpc) is 2.88. The van der Waals surface area contributed by atoms with Crippen molar-refractivity contribution in [3.05, 3.63) is 59.7 Å². The largest absolute Gasteiger partial charge is 0.444 e. The van der Waals surface area contributed by atoms with E-state index in [4.69, 9.17) is 4.74 Å². The molecule has 0 spiro atoms. The van der Waals surface area contributed by atoms with Crippen LogP contribution in [0.3, 0.4) is 0 Å². The lowest BCUT2D eigenvalue weighted by Gasteiger charge is -2.35. The quantitative estimate of drug-likeness (QED) is 0.400. The fourth-order valence-electron chi connectivity index (χ4n) is 4.33. The number of alkyl halides is 3. The monoisotopic (exact) mass is 544 g/mol. The van der Waals surface area contributed by atoms with Crippen LogP contribution in [0, 0.1) is 0 Å². The molecule has 8 nitrogen and oxygen atoms in total. The Morgan fingerprint density at radius 1 is 0.949 bits per heavy atom. The molecule has 2 heterocycles. The van der Waals surface area contributed by atoms with Crippen LogP contribution in [0.15, 0.2) is 48.5 Å². The van der Waals surface area contributed by atoms with Gasteiger partial charge in [0.2, 0.25) is 5.95 Å². The molecule has 11 heteroatoms. The predicted molar refractivity (Wildman–Crippen MR) is 146 cm³/mol. The van der Waals surface area contributed by atoms with Crippen LogP contribution in [0.1, 0.15) is 31.9 Å². The van der Waals surface area contributed by atoms with Crippen molar-refractivity contribution >= 4 is 28.8 Å². The number of nitrogens with zero attached hydrogens (tertiary/aromatic N) is 4. The number of hydrogen-bond acceptors (Lipinski definition) is 7. The molecule has 1 amide bonds. The first-order valence-electron chi connectivity index (χ1n) is 13.1. The highest BCUT2D eigenvalue weighted by Gasteiger charge is 2.30. The lowest BCUT2D eigenvalue weighted by atomic mass is 10.1. The Hall–Kier alpha value is -3.60. The molecule has 2 aromatic carbocycles. The molecule has 0 radical (unpaired) electrons. The van der Waals surface area contributed by atoms with Crippen LogP contribution in [0.2, 0.25) is 0 Å². The fraction of sp³-hybridized carbons (Fsp3) is 0.464. The number of fused-ring (bicyclic) bond motifs is 1. The van der Waals surface area contributed by atoms with Gasteiger partial charge < -0.3 is 20.3 Å². The Morgan fingerprint density at radius 2 is 1.69 bits per heavy atom. The molecule has 0 bridgehead atoms. The maximum Gasteiger partial charge on any atom is 0.416 e. The first-order valence-corrected chi connectivity index (χ1v) is 13.1. The standard InChI is InChI=1S/C28H35F3N6O2/c1-27(2,3)39-26(38)37-17-15-36(16-18-37)14-13-32-24-22-9-4-5-10-23(22)34-25(35-24)33-12-11-20-7-6-8-21(19-20)28(29,30)31/h4-10,19H,11-18H2,1-3H3,(H2,32,33,34,35). The topological polar surface area (TPSA) is 82.6 Å². The molecule has 0 aliphatic carbocycles. The molecule has 3 aromatic rings. The number of hydrogen-bond donors (Lipinski definition) is 2. The molecule has 0 saturated carbocycles. The summed E-state index contributed by atoms with van der Waals surface area (Å²) < 4.78 is 44.5. The van der Waals surface area contributed by atoms with E-state index < -0.39 is 17.3 Å². The van der Waals surface area contributed by atoms with E-state index in [1.165, 1.54) is 12.1 Å². The van der Waals surface area contributed by atoms with Gasteiger partial charge in [0.1, 0.15) is 11.4 Å². The smallest absolute Gasteiger partial charge is 0.416 e. The molecule has 1 aliphatic rings. The van der Waals surface area contributed by atoms with Crippen LogP contribution in [0.25, 0.3) is 10.9 Å². The molecule has 2 N–H and O–H groups in total. The third kappa shape index (κ3) is 8.19. The number of carbonyl (C=O) groups excluding carboxylic acids is 1. The second kappa shape index (κ2) is 12.1. The molecule has 39 heavy (non-hydrogen) atoms. The van der Waals surface area contributed by atoms with E-state index in [0.29, 0.717) is 49.9 Å². The lowest BCUT2D eigenvalue weighted by molar-refractivity contribution is -0.137. The second-order valence-electron chi connectivity index (χ2n) is 10.5. The highest BCUT2D eigenvalue weighted by Crippen LogP contribution is 2.29. The number of ether oxygens (including phenoxy) is 1. The van der Waals surface area contributed by atoms with Gasteiger partial charge in [-0.05, 0) is 51.0 Å². The minimum atomic E-state index is -4.36. The van der Waals surface area contributed by atoms with Crippen LogP contribution < -0.4 is 10.6 Å². The summed E-state index contributed by atoms with van der Waals surface area (Å²) in [6.07, 6.45) is -4.24. The minimum absolute atomic E-state index is 0.277. The Kier molecular flexibility index (Phi) is 8.79. The van der Waals surface area contributed by atoms with Gasteiger partial charge in [0, 0.05) is 51.2 Å². The number of halogens is 3. The molecule has 1 aromatic heterocycles. The van der Waals surface area contributed by atoms with Crippen molar-refractivity contribution in [3.8, 4) is 0 Å². The Balaban J connectivity index is 1.31. The number of benzene rings is 2. The first kappa shape index (κ1) is 28.4. The van der Waals surface area contributed by atoms with Crippen molar-refractivity contribution in [1.29, 1.82) is 0 Å². The Labute approximate surface area is 226 Å². The van der Waals surface area contributed by atoms with Gasteiger partial charge in [-0.3, -0.25) is 4.90 Å². The summed E-state index contributed by atoms with van der Waals surface area (Å²) in [4.78, 5) is 25.5. The molecule has 0 unspecified atom stereocenters. The second-order valence-corrected chi connectivity index (χ2v) is 10.5. The van der Waals surface area contributed by atoms with Gasteiger partial charge in [-0.1, -0.05) is 30.3 Å². The van der Waals surface area contributed by atoms with Crippen LogP contribution in [-0.4, -0.2) is 77.3 Å². The van der Waals surface area contributed by atoms with Gasteiger partial charge in [0.15, 0.2) is 0 Å². The summed E-state index contributed by atoms with van der Waals surface area (Å²) in [5.41, 5.74) is 0.190. The Morgan fingerprint density at radius 3 is 2.41 bits per heavy atom. The highest BCUT2D eigenvalue weighted by molar-refractivity contribution is 5.90. The fourth-order valence-corrected chi connectivity index (χ4v) is 4.33. The molecular weight excluding hydrogens is 509 g/mol. The molecule has 0 atom stereocenters. The molecule has 4 rings (SSSR count). The van der Waals surface area contributed by atoms with E-state index >= 15 is 0 Å². The van der Waals surface area contributed by atoms with Crippen molar-refractivity contribution in [3.63, 3.8) is 0 Å². The first-order chi connectivity index (χ1) is 18.5. The summed E-state index contributed by atoms with van der Waals surface area (Å²) in [6.45, 7) is 10.2. The predicted octanol–water partition coefficient (Wildman–Crippen LogP) is 5.27. The van der Waals surface area contributed by atoms with Gasteiger partial charge in [0.05, 0.1) is 11.1 Å². The normalized spacial score (nSPS) is 14.9. The van der Waals surface area contributed by atoms with Crippen LogP contribution in [0.5, 0.6) is 0 Å². The number of aromatic nitrogens is 2. The van der Waals surface area contributed by atoms with Crippen molar-refractivity contribution in [2.24, 2.45) is 0 Å². The number of rotatable bonds is 8. The maximum absolute atomic E-state index is 13.0. The summed E-state index contributed by atoms with van der Waals surface area (Å²) in [6, 6.07) is 13.0. The maximum atomic E-state index is 13.0. The zero-order valence-corrected chi connectivity index (χ0v) is 22.5. The van der Waals surface area contributed by atoms with Gasteiger partial charge in [-0.25, -0.2) is 9.78 Å². The van der Waals surface area contributed by atoms with E-state index in [0.717, 1.165) is 36.6 Å². The highest BCUT2D eigenvalue weighted by atomic mass is 19.4. The zero-order chi connectivity index (χ0) is 28.0. The number of anilines is 2. The number of amides is 1. The third-order valence-electron chi connectivity index (χ3n) is 6.30. The zero-order valence-electron chi connectivity index (χ0n) is 22.5. The average molecular weight is 545 g/mol. The summed E-state index contributed by atoms with van der Waals surface area (Å²) in [7, 11) is 0. The summed E-state index contributed by atoms with van der Waals surface area (Å²) in [5, 5.41) is 7.45. The van der Waals surface area contributed by atoms with Gasteiger partial charge >= 0.3 is 12.3 Å². The molecule has 210 valence electrons. The molecule has 1 saturated heterocycles. The van der Waals surface area contributed by atoms with E-state index in [2.05, 4.69) is 25.5 Å². The summed E-state index contributed by atoms with van der Waals surface area (Å²) >= 11 is 0. The molecule has 1 fully saturated rings. The van der Waals surface area contributed by atoms with E-state index in [1.807, 2.05) is 45.0 Å². The SMILES string of the molecule is CC(C)(C)OC(=O)N1CCN(CCNc2nc(NCCc3cccc(C(F)(F)F)c3)nc3ccccc23)CC1. The van der Waals surface area contributed by atoms with Crippen LogP contribution in [-0.2, 0) is 17.3 Å². The lowest BCUT2D eigenvalue weighted by Crippen LogP contribution is -2.50. The van der Waals surface area contributed by atoms with Crippen LogP contribution >= 0.6 is 0 Å². The Bertz CT molecular complexity index is 1270. The number of piperazine rings is 1. The van der Waals surface area contributed by atoms with Gasteiger partial charge in [-0.2, -0.15) is 18.2 Å². The van der Waals surface area contributed by atoms with E-state index in [9.17, 15) is 18.0 Å². The minimum Gasteiger partial charge on any atom is -0.444 e. The van der Waals surface area contributed by atoms with E-state index in [1.54, 1.807) is 11.0 Å². The number of nitrogens with one attached hydrogen (secondary N) is 2. The molecule has 1 aliphatic heterocycles. The van der Waals surface area contributed by atoms with Gasteiger partial charge in [0.25, 0.3) is 0 Å². The van der Waals surface area contributed by atoms with Crippen LogP contribution in [0.4, 0.5) is 29.7 Å².